The molecule has 2 aromatic rings. The first kappa shape index (κ1) is 22.5. The topological polar surface area (TPSA) is 34.1 Å². The molecule has 0 aliphatic rings. The third-order valence-corrected chi connectivity index (χ3v) is 5.96. The van der Waals surface area contributed by atoms with Crippen molar-refractivity contribution in [3.8, 4) is 0 Å². The Morgan fingerprint density at radius 3 is 2.14 bits per heavy atom. The summed E-state index contributed by atoms with van der Waals surface area (Å²) in [5.74, 6) is 0.0890. The molecular weight excluding hydrogens is 480 g/mol. The molecule has 0 radical (unpaired) electrons. The van der Waals surface area contributed by atoms with E-state index in [4.69, 9.17) is 0 Å². The summed E-state index contributed by atoms with van der Waals surface area (Å²) in [5.41, 5.74) is 3.94. The minimum absolute atomic E-state index is 0.0254. The quantitative estimate of drug-likeness (QED) is 0.209. The third-order valence-electron chi connectivity index (χ3n) is 4.60. The molecule has 0 N–H and O–H groups in total. The van der Waals surface area contributed by atoms with Gasteiger partial charge in [0, 0.05) is 27.2 Å². The van der Waals surface area contributed by atoms with Gasteiger partial charge < -0.3 is 0 Å². The molecular formula is C24H24Br2O2. The fourth-order valence-electron chi connectivity index (χ4n) is 3.03. The van der Waals surface area contributed by atoms with Gasteiger partial charge in [0.2, 0.25) is 0 Å². The molecule has 0 saturated carbocycles. The number of carbonyl (C=O) groups is 2. The molecule has 4 heteroatoms. The number of halogens is 2. The van der Waals surface area contributed by atoms with E-state index in [0.717, 1.165) is 16.5 Å². The number of hydrogen-bond donors (Lipinski definition) is 0. The van der Waals surface area contributed by atoms with Crippen LogP contribution in [0.25, 0.3) is 0 Å². The Morgan fingerprint density at radius 2 is 1.61 bits per heavy atom. The van der Waals surface area contributed by atoms with Crippen molar-refractivity contribution in [2.45, 2.75) is 37.4 Å². The highest BCUT2D eigenvalue weighted by atomic mass is 79.9. The van der Waals surface area contributed by atoms with Gasteiger partial charge >= 0.3 is 0 Å². The van der Waals surface area contributed by atoms with E-state index in [1.165, 1.54) is 5.56 Å². The molecule has 0 spiro atoms. The fraction of sp³-hybridized carbons (Fsp3) is 0.250. The smallest absolute Gasteiger partial charge is 0.189 e. The van der Waals surface area contributed by atoms with Gasteiger partial charge in [0.1, 0.15) is 0 Å². The molecule has 0 aliphatic carbocycles. The van der Waals surface area contributed by atoms with Crippen LogP contribution in [0.4, 0.5) is 0 Å². The lowest BCUT2D eigenvalue weighted by molar-refractivity contribution is -0.115. The molecule has 2 atom stereocenters. The maximum Gasteiger partial charge on any atom is 0.189 e. The second-order valence-electron chi connectivity index (χ2n) is 7.05. The lowest BCUT2D eigenvalue weighted by atomic mass is 9.86. The van der Waals surface area contributed by atoms with Gasteiger partial charge in [-0.1, -0.05) is 81.4 Å². The summed E-state index contributed by atoms with van der Waals surface area (Å²) in [6.45, 7) is 10.9. The van der Waals surface area contributed by atoms with Gasteiger partial charge in [-0.3, -0.25) is 9.59 Å². The average molecular weight is 504 g/mol. The summed E-state index contributed by atoms with van der Waals surface area (Å²) in [4.78, 5) is 24.4. The second-order valence-corrected chi connectivity index (χ2v) is 9.20. The minimum atomic E-state index is -0.0693. The van der Waals surface area contributed by atoms with Crippen LogP contribution in [-0.2, 0) is 4.79 Å². The Hall–Kier alpha value is -1.78. The first-order valence-corrected chi connectivity index (χ1v) is 10.8. The van der Waals surface area contributed by atoms with E-state index >= 15 is 0 Å². The summed E-state index contributed by atoms with van der Waals surface area (Å²) in [6, 6.07) is 16.0. The van der Waals surface area contributed by atoms with Gasteiger partial charge in [0.05, 0.1) is 0 Å². The first-order chi connectivity index (χ1) is 13.2. The molecule has 0 aliphatic heterocycles. The summed E-state index contributed by atoms with van der Waals surface area (Å²) >= 11 is 7.22. The van der Waals surface area contributed by atoms with E-state index < -0.39 is 0 Å². The van der Waals surface area contributed by atoms with Crippen molar-refractivity contribution in [3.05, 3.63) is 94.0 Å². The van der Waals surface area contributed by atoms with Gasteiger partial charge in [-0.25, -0.2) is 0 Å². The standard InChI is InChI=1S/C24H24Br2O2/c1-15(2)23(27)14-19(25)13-21(17-8-6-5-7-9-17)18-10-11-20(22(26)12-18)24(28)16(3)4/h5-12,19,21H,1,3,13-14H2,2,4H3. The van der Waals surface area contributed by atoms with Gasteiger partial charge in [0.25, 0.3) is 0 Å². The van der Waals surface area contributed by atoms with Crippen LogP contribution in [-0.4, -0.2) is 16.4 Å². The van der Waals surface area contributed by atoms with Crippen LogP contribution < -0.4 is 0 Å². The number of rotatable bonds is 9. The summed E-state index contributed by atoms with van der Waals surface area (Å²) in [6.07, 6.45) is 1.16. The van der Waals surface area contributed by atoms with E-state index in [9.17, 15) is 9.59 Å². The second kappa shape index (κ2) is 10.1. The number of benzene rings is 2. The van der Waals surface area contributed by atoms with Gasteiger partial charge in [0.15, 0.2) is 11.6 Å². The molecule has 2 aromatic carbocycles. The molecule has 28 heavy (non-hydrogen) atoms. The maximum atomic E-state index is 12.3. The van der Waals surface area contributed by atoms with Crippen molar-refractivity contribution in [1.82, 2.24) is 0 Å². The number of carbonyl (C=O) groups excluding carboxylic acids is 2. The average Bonchev–Trinajstić information content (AvgIpc) is 2.66. The summed E-state index contributed by atoms with van der Waals surface area (Å²) < 4.78 is 0.753. The maximum absolute atomic E-state index is 12.3. The molecule has 0 heterocycles. The van der Waals surface area contributed by atoms with Gasteiger partial charge in [-0.15, -0.1) is 0 Å². The molecule has 2 nitrogen and oxygen atoms in total. The zero-order valence-electron chi connectivity index (χ0n) is 16.2. The molecule has 0 amide bonds. The van der Waals surface area contributed by atoms with Crippen LogP contribution in [0.15, 0.2) is 77.3 Å². The van der Waals surface area contributed by atoms with Crippen LogP contribution in [0, 0.1) is 0 Å². The van der Waals surface area contributed by atoms with Crippen molar-refractivity contribution in [1.29, 1.82) is 0 Å². The number of allylic oxidation sites excluding steroid dienone is 2. The van der Waals surface area contributed by atoms with Gasteiger partial charge in [-0.05, 0) is 54.7 Å². The van der Waals surface area contributed by atoms with Crippen molar-refractivity contribution in [2.75, 3.05) is 0 Å². The highest BCUT2D eigenvalue weighted by Crippen LogP contribution is 2.35. The van der Waals surface area contributed by atoms with Crippen LogP contribution in [0.2, 0.25) is 0 Å². The molecule has 0 bridgehead atoms. The molecule has 0 saturated heterocycles. The highest BCUT2D eigenvalue weighted by molar-refractivity contribution is 9.10. The van der Waals surface area contributed by atoms with E-state index in [1.54, 1.807) is 13.8 Å². The Bertz CT molecular complexity index is 900. The van der Waals surface area contributed by atoms with Crippen LogP contribution >= 0.6 is 31.9 Å². The lowest BCUT2D eigenvalue weighted by Gasteiger charge is -2.22. The fourth-order valence-corrected chi connectivity index (χ4v) is 4.27. The Balaban J connectivity index is 2.36. The number of Topliss-reactive ketones (excluding diaryl/α,β-unsaturated/α-hetero) is 2. The predicted octanol–water partition coefficient (Wildman–Crippen LogP) is 7.03. The lowest BCUT2D eigenvalue weighted by Crippen LogP contribution is -2.14. The summed E-state index contributed by atoms with van der Waals surface area (Å²) in [5, 5.41) is 0. The largest absolute Gasteiger partial charge is 0.295 e. The van der Waals surface area contributed by atoms with E-state index in [-0.39, 0.29) is 22.3 Å². The van der Waals surface area contributed by atoms with Crippen molar-refractivity contribution < 1.29 is 9.59 Å². The monoisotopic (exact) mass is 502 g/mol. The van der Waals surface area contributed by atoms with E-state index in [2.05, 4.69) is 57.2 Å². The minimum Gasteiger partial charge on any atom is -0.295 e. The van der Waals surface area contributed by atoms with E-state index in [1.807, 2.05) is 36.4 Å². The molecule has 146 valence electrons. The Kier molecular flexibility index (Phi) is 8.14. The highest BCUT2D eigenvalue weighted by Gasteiger charge is 2.22. The van der Waals surface area contributed by atoms with Crippen molar-refractivity contribution >= 4 is 43.4 Å². The third kappa shape index (κ3) is 5.86. The molecule has 0 fully saturated rings. The van der Waals surface area contributed by atoms with E-state index in [0.29, 0.717) is 23.1 Å². The zero-order valence-corrected chi connectivity index (χ0v) is 19.3. The normalized spacial score (nSPS) is 12.9. The van der Waals surface area contributed by atoms with Crippen LogP contribution in [0.3, 0.4) is 0 Å². The van der Waals surface area contributed by atoms with Crippen LogP contribution in [0.5, 0.6) is 0 Å². The van der Waals surface area contributed by atoms with Crippen LogP contribution in [0.1, 0.15) is 54.1 Å². The predicted molar refractivity (Wildman–Crippen MR) is 123 cm³/mol. The molecule has 0 aromatic heterocycles. The first-order valence-electron chi connectivity index (χ1n) is 9.08. The molecule has 2 rings (SSSR count). The number of hydrogen-bond acceptors (Lipinski definition) is 2. The SMILES string of the molecule is C=C(C)C(=O)CC(Br)CC(c1ccccc1)c1ccc(C(=O)C(=C)C)c(Br)c1. The van der Waals surface area contributed by atoms with Gasteiger partial charge in [-0.2, -0.15) is 0 Å². The summed E-state index contributed by atoms with van der Waals surface area (Å²) in [7, 11) is 0. The molecule has 2 unspecified atom stereocenters. The Morgan fingerprint density at radius 1 is 0.964 bits per heavy atom. The number of alkyl halides is 1. The number of ketones is 2. The van der Waals surface area contributed by atoms with Crippen molar-refractivity contribution in [3.63, 3.8) is 0 Å². The zero-order chi connectivity index (χ0) is 20.8. The Labute approximate surface area is 184 Å². The van der Waals surface area contributed by atoms with Crippen molar-refractivity contribution in [2.24, 2.45) is 0 Å².